The van der Waals surface area contributed by atoms with Crippen LogP contribution in [0.4, 0.5) is 5.69 Å². The third kappa shape index (κ3) is 7.62. The van der Waals surface area contributed by atoms with E-state index in [9.17, 15) is 9.59 Å². The van der Waals surface area contributed by atoms with E-state index >= 15 is 0 Å². The predicted molar refractivity (Wildman–Crippen MR) is 106 cm³/mol. The van der Waals surface area contributed by atoms with E-state index in [0.29, 0.717) is 24.7 Å². The molecule has 7 heteroatoms. The van der Waals surface area contributed by atoms with Crippen molar-refractivity contribution in [3.63, 3.8) is 0 Å². The van der Waals surface area contributed by atoms with Gasteiger partial charge in [-0.05, 0) is 50.2 Å². The second-order valence-corrected chi connectivity index (χ2v) is 6.41. The highest BCUT2D eigenvalue weighted by molar-refractivity contribution is 8.00. The van der Waals surface area contributed by atoms with Crippen LogP contribution in [0.1, 0.15) is 13.8 Å². The molecule has 0 unspecified atom stereocenters. The first kappa shape index (κ1) is 20.6. The number of benzene rings is 2. The van der Waals surface area contributed by atoms with Crippen LogP contribution in [0.2, 0.25) is 0 Å². The van der Waals surface area contributed by atoms with Crippen LogP contribution in [0, 0.1) is 0 Å². The Morgan fingerprint density at radius 3 is 2.44 bits per heavy atom. The van der Waals surface area contributed by atoms with Crippen LogP contribution in [0.5, 0.6) is 11.5 Å². The average molecular weight is 389 g/mol. The third-order valence-electron chi connectivity index (χ3n) is 3.28. The molecule has 2 aromatic carbocycles. The number of esters is 1. The molecule has 1 N–H and O–H groups in total. The van der Waals surface area contributed by atoms with Gasteiger partial charge in [-0.2, -0.15) is 0 Å². The average Bonchev–Trinajstić information content (AvgIpc) is 2.67. The Balaban J connectivity index is 1.81. The van der Waals surface area contributed by atoms with E-state index in [1.807, 2.05) is 31.2 Å². The molecule has 0 heterocycles. The lowest BCUT2D eigenvalue weighted by Gasteiger charge is -2.09. The molecule has 0 atom stereocenters. The van der Waals surface area contributed by atoms with Crippen LogP contribution in [-0.4, -0.2) is 37.4 Å². The fraction of sp³-hybridized carbons (Fsp3) is 0.300. The van der Waals surface area contributed by atoms with Gasteiger partial charge in [0.1, 0.15) is 11.5 Å². The fourth-order valence-corrected chi connectivity index (χ4v) is 2.85. The molecule has 6 nitrogen and oxygen atoms in total. The summed E-state index contributed by atoms with van der Waals surface area (Å²) in [5.74, 6) is 1.02. The summed E-state index contributed by atoms with van der Waals surface area (Å²) in [5, 5.41) is 2.82. The van der Waals surface area contributed by atoms with Gasteiger partial charge in [0.15, 0.2) is 6.61 Å². The van der Waals surface area contributed by atoms with Gasteiger partial charge >= 0.3 is 5.97 Å². The molecule has 0 radical (unpaired) electrons. The van der Waals surface area contributed by atoms with E-state index in [4.69, 9.17) is 14.2 Å². The molecular weight excluding hydrogens is 366 g/mol. The van der Waals surface area contributed by atoms with E-state index < -0.39 is 5.97 Å². The summed E-state index contributed by atoms with van der Waals surface area (Å²) >= 11 is 1.44. The highest BCUT2D eigenvalue weighted by Crippen LogP contribution is 2.22. The topological polar surface area (TPSA) is 73.9 Å². The molecule has 0 fully saturated rings. The number of amides is 1. The Bertz CT molecular complexity index is 748. The Kier molecular flexibility index (Phi) is 8.51. The summed E-state index contributed by atoms with van der Waals surface area (Å²) in [7, 11) is 0. The standard InChI is InChI=1S/C20H23NO5S/c1-3-24-16-8-10-18(11-9-16)27-14-19(22)21-15-6-5-7-17(12-15)26-13-20(23)25-4-2/h5-12H,3-4,13-14H2,1-2H3,(H,21,22). The maximum atomic E-state index is 12.1. The molecule has 0 saturated carbocycles. The van der Waals surface area contributed by atoms with Gasteiger partial charge in [-0.15, -0.1) is 11.8 Å². The summed E-state index contributed by atoms with van der Waals surface area (Å²) in [6.45, 7) is 4.43. The summed E-state index contributed by atoms with van der Waals surface area (Å²) in [6.07, 6.45) is 0. The minimum Gasteiger partial charge on any atom is -0.494 e. The molecule has 27 heavy (non-hydrogen) atoms. The molecule has 0 aliphatic rings. The van der Waals surface area contributed by atoms with Gasteiger partial charge in [0.05, 0.1) is 19.0 Å². The van der Waals surface area contributed by atoms with Gasteiger partial charge in [0.25, 0.3) is 0 Å². The molecular formula is C20H23NO5S. The van der Waals surface area contributed by atoms with Crippen LogP contribution in [0.15, 0.2) is 53.4 Å². The number of hydrogen-bond acceptors (Lipinski definition) is 6. The molecule has 2 aromatic rings. The Labute approximate surface area is 163 Å². The zero-order chi connectivity index (χ0) is 19.5. The second kappa shape index (κ2) is 11.1. The van der Waals surface area contributed by atoms with Crippen LogP contribution in [0.3, 0.4) is 0 Å². The van der Waals surface area contributed by atoms with Crippen LogP contribution < -0.4 is 14.8 Å². The monoisotopic (exact) mass is 389 g/mol. The second-order valence-electron chi connectivity index (χ2n) is 5.36. The highest BCUT2D eigenvalue weighted by atomic mass is 32.2. The van der Waals surface area contributed by atoms with Crippen molar-refractivity contribution in [3.05, 3.63) is 48.5 Å². The van der Waals surface area contributed by atoms with Gasteiger partial charge in [-0.25, -0.2) is 4.79 Å². The summed E-state index contributed by atoms with van der Waals surface area (Å²) in [4.78, 5) is 24.5. The molecule has 0 aromatic heterocycles. The lowest BCUT2D eigenvalue weighted by atomic mass is 10.3. The largest absolute Gasteiger partial charge is 0.494 e. The van der Waals surface area contributed by atoms with Crippen LogP contribution in [-0.2, 0) is 14.3 Å². The van der Waals surface area contributed by atoms with Crippen molar-refractivity contribution < 1.29 is 23.8 Å². The van der Waals surface area contributed by atoms with E-state index in [1.54, 1.807) is 31.2 Å². The van der Waals surface area contributed by atoms with Gasteiger partial charge in [0.2, 0.25) is 5.91 Å². The molecule has 0 aliphatic heterocycles. The number of ether oxygens (including phenoxy) is 3. The number of hydrogen-bond donors (Lipinski definition) is 1. The number of anilines is 1. The van der Waals surface area contributed by atoms with Gasteiger partial charge < -0.3 is 19.5 Å². The van der Waals surface area contributed by atoms with Crippen LogP contribution >= 0.6 is 11.8 Å². The van der Waals surface area contributed by atoms with E-state index in [0.717, 1.165) is 10.6 Å². The van der Waals surface area contributed by atoms with E-state index in [2.05, 4.69) is 5.32 Å². The number of carbonyl (C=O) groups excluding carboxylic acids is 2. The van der Waals surface area contributed by atoms with E-state index in [1.165, 1.54) is 11.8 Å². The smallest absolute Gasteiger partial charge is 0.344 e. The highest BCUT2D eigenvalue weighted by Gasteiger charge is 2.07. The molecule has 2 rings (SSSR count). The minimum atomic E-state index is -0.432. The number of nitrogens with one attached hydrogen (secondary N) is 1. The first-order valence-electron chi connectivity index (χ1n) is 8.64. The van der Waals surface area contributed by atoms with Crippen molar-refractivity contribution in [1.29, 1.82) is 0 Å². The molecule has 144 valence electrons. The zero-order valence-electron chi connectivity index (χ0n) is 15.4. The molecule has 0 aliphatic carbocycles. The van der Waals surface area contributed by atoms with Gasteiger partial charge in [-0.1, -0.05) is 6.07 Å². The number of carbonyl (C=O) groups is 2. The fourth-order valence-electron chi connectivity index (χ4n) is 2.15. The SMILES string of the molecule is CCOC(=O)COc1cccc(NC(=O)CSc2ccc(OCC)cc2)c1. The third-order valence-corrected chi connectivity index (χ3v) is 4.30. The lowest BCUT2D eigenvalue weighted by molar-refractivity contribution is -0.145. The van der Waals surface area contributed by atoms with Crippen molar-refractivity contribution in [2.24, 2.45) is 0 Å². The van der Waals surface area contributed by atoms with Crippen molar-refractivity contribution >= 4 is 29.3 Å². The first-order chi connectivity index (χ1) is 13.1. The minimum absolute atomic E-state index is 0.128. The van der Waals surface area contributed by atoms with Gasteiger partial charge in [0, 0.05) is 16.6 Å². The number of thioether (sulfide) groups is 1. The molecule has 0 spiro atoms. The summed E-state index contributed by atoms with van der Waals surface area (Å²) in [6, 6.07) is 14.5. The number of rotatable bonds is 10. The van der Waals surface area contributed by atoms with Crippen LogP contribution in [0.25, 0.3) is 0 Å². The Hall–Kier alpha value is -2.67. The maximum Gasteiger partial charge on any atom is 0.344 e. The molecule has 0 saturated heterocycles. The molecule has 1 amide bonds. The summed E-state index contributed by atoms with van der Waals surface area (Å²) < 4.78 is 15.6. The van der Waals surface area contributed by atoms with Crippen molar-refractivity contribution in [1.82, 2.24) is 0 Å². The Morgan fingerprint density at radius 1 is 0.963 bits per heavy atom. The Morgan fingerprint density at radius 2 is 1.74 bits per heavy atom. The summed E-state index contributed by atoms with van der Waals surface area (Å²) in [5.41, 5.74) is 0.605. The van der Waals surface area contributed by atoms with Crippen molar-refractivity contribution in [2.75, 3.05) is 30.9 Å². The normalized spacial score (nSPS) is 10.1. The quantitative estimate of drug-likeness (QED) is 0.493. The van der Waals surface area contributed by atoms with E-state index in [-0.39, 0.29) is 18.3 Å². The van der Waals surface area contributed by atoms with Crippen molar-refractivity contribution in [2.45, 2.75) is 18.7 Å². The first-order valence-corrected chi connectivity index (χ1v) is 9.63. The molecule has 0 bridgehead atoms. The zero-order valence-corrected chi connectivity index (χ0v) is 16.2. The predicted octanol–water partition coefficient (Wildman–Crippen LogP) is 3.76. The lowest BCUT2D eigenvalue weighted by Crippen LogP contribution is -2.15. The maximum absolute atomic E-state index is 12.1. The van der Waals surface area contributed by atoms with Gasteiger partial charge in [-0.3, -0.25) is 4.79 Å². The van der Waals surface area contributed by atoms with Crippen molar-refractivity contribution in [3.8, 4) is 11.5 Å².